The first kappa shape index (κ1) is 27.3. The van der Waals surface area contributed by atoms with Crippen LogP contribution >= 0.6 is 15.9 Å². The summed E-state index contributed by atoms with van der Waals surface area (Å²) >= 11 is 3.23. The number of guanidine groups is 1. The number of primary amides is 1. The standard InChI is InChI=1S/C22H29BrN6O4S/c1-26-22(25)27-13-7-11-17(29-34(32,33)19-12-6-5-10-16(19)23)21(31)28-18(20(24)30)14-15-8-3-2-4-9-15/h2-6,8-10,12,17-18,29H,7,11,13-14H2,1H3,(H2,24,30)(H,28,31)(H3,25,26,27)/t17-,18+/m1/s1. The van der Waals surface area contributed by atoms with Crippen LogP contribution in [-0.4, -0.2) is 51.9 Å². The highest BCUT2D eigenvalue weighted by atomic mass is 79.9. The molecule has 2 aromatic carbocycles. The second-order valence-electron chi connectivity index (χ2n) is 7.44. The molecule has 0 aliphatic rings. The number of hydrogen-bond acceptors (Lipinski definition) is 5. The van der Waals surface area contributed by atoms with E-state index in [1.807, 2.05) is 18.2 Å². The predicted molar refractivity (Wildman–Crippen MR) is 134 cm³/mol. The van der Waals surface area contributed by atoms with E-state index in [0.717, 1.165) is 5.56 Å². The summed E-state index contributed by atoms with van der Waals surface area (Å²) < 4.78 is 28.8. The monoisotopic (exact) mass is 552 g/mol. The third-order valence-electron chi connectivity index (χ3n) is 4.90. The number of halogens is 1. The fraction of sp³-hybridized carbons (Fsp3) is 0.318. The van der Waals surface area contributed by atoms with Gasteiger partial charge in [0.2, 0.25) is 21.8 Å². The average molecular weight is 553 g/mol. The highest BCUT2D eigenvalue weighted by Crippen LogP contribution is 2.21. The number of nitrogens with zero attached hydrogens (tertiary/aromatic N) is 1. The molecule has 0 aliphatic heterocycles. The molecule has 0 radical (unpaired) electrons. The van der Waals surface area contributed by atoms with Crippen molar-refractivity contribution in [2.75, 3.05) is 13.6 Å². The smallest absolute Gasteiger partial charge is 0.242 e. The minimum Gasteiger partial charge on any atom is -0.370 e. The van der Waals surface area contributed by atoms with E-state index >= 15 is 0 Å². The number of hydrogen-bond donors (Lipinski definition) is 5. The fourth-order valence-corrected chi connectivity index (χ4v) is 5.34. The Morgan fingerprint density at radius 2 is 1.68 bits per heavy atom. The van der Waals surface area contributed by atoms with Crippen LogP contribution in [0.1, 0.15) is 18.4 Å². The molecule has 10 nitrogen and oxygen atoms in total. The zero-order valence-electron chi connectivity index (χ0n) is 18.7. The molecular weight excluding hydrogens is 524 g/mol. The Morgan fingerprint density at radius 1 is 1.03 bits per heavy atom. The Labute approximate surface area is 207 Å². The van der Waals surface area contributed by atoms with Crippen LogP contribution in [0.4, 0.5) is 0 Å². The zero-order valence-corrected chi connectivity index (χ0v) is 21.1. The van der Waals surface area contributed by atoms with Crippen molar-refractivity contribution in [2.24, 2.45) is 16.5 Å². The van der Waals surface area contributed by atoms with Crippen molar-refractivity contribution < 1.29 is 18.0 Å². The molecule has 0 aromatic heterocycles. The van der Waals surface area contributed by atoms with Crippen LogP contribution in [0.3, 0.4) is 0 Å². The maximum Gasteiger partial charge on any atom is 0.242 e. The first-order valence-corrected chi connectivity index (χ1v) is 12.8. The lowest BCUT2D eigenvalue weighted by Gasteiger charge is -2.22. The van der Waals surface area contributed by atoms with E-state index in [1.165, 1.54) is 13.1 Å². The van der Waals surface area contributed by atoms with Gasteiger partial charge in [-0.1, -0.05) is 42.5 Å². The molecule has 0 aliphatic carbocycles. The normalized spacial score (nSPS) is 13.6. The van der Waals surface area contributed by atoms with Crippen molar-refractivity contribution in [3.8, 4) is 0 Å². The highest BCUT2D eigenvalue weighted by Gasteiger charge is 2.29. The van der Waals surface area contributed by atoms with Crippen molar-refractivity contribution in [3.63, 3.8) is 0 Å². The van der Waals surface area contributed by atoms with Crippen molar-refractivity contribution in [3.05, 3.63) is 64.6 Å². The second-order valence-corrected chi connectivity index (χ2v) is 9.97. The maximum atomic E-state index is 13.1. The minimum atomic E-state index is -4.05. The summed E-state index contributed by atoms with van der Waals surface area (Å²) in [7, 11) is -2.52. The number of nitrogens with one attached hydrogen (secondary N) is 3. The number of carbonyl (C=O) groups excluding carboxylic acids is 2. The average Bonchev–Trinajstić information content (AvgIpc) is 2.81. The number of carbonyl (C=O) groups is 2. The van der Waals surface area contributed by atoms with Crippen molar-refractivity contribution in [1.82, 2.24) is 15.4 Å². The molecule has 7 N–H and O–H groups in total. The highest BCUT2D eigenvalue weighted by molar-refractivity contribution is 9.10. The molecule has 0 unspecified atom stereocenters. The molecule has 0 fully saturated rings. The van der Waals surface area contributed by atoms with E-state index in [2.05, 4.69) is 36.3 Å². The number of benzene rings is 2. The molecule has 12 heteroatoms. The molecule has 0 heterocycles. The van der Waals surface area contributed by atoms with Gasteiger partial charge in [-0.25, -0.2) is 8.42 Å². The van der Waals surface area contributed by atoms with Gasteiger partial charge in [0.05, 0.1) is 4.90 Å². The predicted octanol–water partition coefficient (Wildman–Crippen LogP) is 0.623. The molecule has 0 saturated heterocycles. The quantitative estimate of drug-likeness (QED) is 0.147. The molecule has 2 amide bonds. The Hall–Kier alpha value is -2.96. The van der Waals surface area contributed by atoms with Gasteiger partial charge in [-0.2, -0.15) is 4.72 Å². The van der Waals surface area contributed by atoms with E-state index in [9.17, 15) is 18.0 Å². The summed E-state index contributed by atoms with van der Waals surface area (Å²) in [5, 5.41) is 5.45. The largest absolute Gasteiger partial charge is 0.370 e. The van der Waals surface area contributed by atoms with Crippen molar-refractivity contribution >= 4 is 43.7 Å². The van der Waals surface area contributed by atoms with E-state index in [0.29, 0.717) is 17.4 Å². The molecule has 0 saturated carbocycles. The SMILES string of the molecule is CN=C(N)NCCC[C@@H](NS(=O)(=O)c1ccccc1Br)C(=O)N[C@@H](Cc1ccccc1)C(N)=O. The molecule has 0 bridgehead atoms. The fourth-order valence-electron chi connectivity index (χ4n) is 3.10. The summed E-state index contributed by atoms with van der Waals surface area (Å²) in [6.07, 6.45) is 0.708. The van der Waals surface area contributed by atoms with Crippen LogP contribution in [0, 0.1) is 0 Å². The number of sulfonamides is 1. The zero-order chi connectivity index (χ0) is 25.1. The number of nitrogens with two attached hydrogens (primary N) is 2. The van der Waals surface area contributed by atoms with Gasteiger partial charge in [0.25, 0.3) is 0 Å². The third kappa shape index (κ3) is 8.43. The molecule has 2 atom stereocenters. The summed E-state index contributed by atoms with van der Waals surface area (Å²) in [6, 6.07) is 13.2. The molecular formula is C22H29BrN6O4S. The molecule has 34 heavy (non-hydrogen) atoms. The summed E-state index contributed by atoms with van der Waals surface area (Å²) in [4.78, 5) is 28.9. The summed E-state index contributed by atoms with van der Waals surface area (Å²) in [5.74, 6) is -1.16. The minimum absolute atomic E-state index is 0.0102. The van der Waals surface area contributed by atoms with Crippen molar-refractivity contribution in [1.29, 1.82) is 0 Å². The Kier molecular flexibility index (Phi) is 10.5. The van der Waals surface area contributed by atoms with E-state index < -0.39 is 33.9 Å². The van der Waals surface area contributed by atoms with E-state index in [1.54, 1.807) is 30.3 Å². The topological polar surface area (TPSA) is 169 Å². The van der Waals surface area contributed by atoms with Crippen LogP contribution in [0.5, 0.6) is 0 Å². The van der Waals surface area contributed by atoms with Crippen LogP contribution < -0.4 is 26.8 Å². The molecule has 2 rings (SSSR count). The van der Waals surface area contributed by atoms with Gasteiger partial charge < -0.3 is 22.1 Å². The van der Waals surface area contributed by atoms with Gasteiger partial charge in [-0.05, 0) is 46.5 Å². The van der Waals surface area contributed by atoms with Gasteiger partial charge >= 0.3 is 0 Å². The first-order valence-electron chi connectivity index (χ1n) is 10.5. The number of amides is 2. The Morgan fingerprint density at radius 3 is 2.29 bits per heavy atom. The van der Waals surface area contributed by atoms with Gasteiger partial charge in [0.1, 0.15) is 12.1 Å². The van der Waals surface area contributed by atoms with E-state index in [-0.39, 0.29) is 23.7 Å². The first-order chi connectivity index (χ1) is 16.1. The van der Waals surface area contributed by atoms with Crippen molar-refractivity contribution in [2.45, 2.75) is 36.2 Å². The Bertz CT molecular complexity index is 1110. The lowest BCUT2D eigenvalue weighted by molar-refractivity contribution is -0.128. The second kappa shape index (κ2) is 13.1. The lowest BCUT2D eigenvalue weighted by Crippen LogP contribution is -2.53. The van der Waals surface area contributed by atoms with Gasteiger partial charge in [-0.3, -0.25) is 14.6 Å². The molecule has 184 valence electrons. The molecule has 2 aromatic rings. The van der Waals surface area contributed by atoms with E-state index in [4.69, 9.17) is 11.5 Å². The summed E-state index contributed by atoms with van der Waals surface area (Å²) in [5.41, 5.74) is 11.9. The van der Waals surface area contributed by atoms with Gasteiger partial charge in [-0.15, -0.1) is 0 Å². The molecule has 0 spiro atoms. The van der Waals surface area contributed by atoms with Gasteiger partial charge in [0.15, 0.2) is 5.96 Å². The third-order valence-corrected chi connectivity index (χ3v) is 7.38. The number of aliphatic imine (C=N–C) groups is 1. The van der Waals surface area contributed by atoms with Crippen LogP contribution in [0.15, 0.2) is 69.0 Å². The van der Waals surface area contributed by atoms with Gasteiger partial charge in [0, 0.05) is 24.5 Å². The van der Waals surface area contributed by atoms with Crippen LogP contribution in [0.25, 0.3) is 0 Å². The maximum absolute atomic E-state index is 13.1. The summed E-state index contributed by atoms with van der Waals surface area (Å²) in [6.45, 7) is 0.368. The Balaban J connectivity index is 2.19. The number of rotatable bonds is 12. The lowest BCUT2D eigenvalue weighted by atomic mass is 10.0. The van der Waals surface area contributed by atoms with Crippen LogP contribution in [-0.2, 0) is 26.0 Å². The van der Waals surface area contributed by atoms with Crippen LogP contribution in [0.2, 0.25) is 0 Å².